The highest BCUT2D eigenvalue weighted by molar-refractivity contribution is 6.30. The highest BCUT2D eigenvalue weighted by Gasteiger charge is 2.10. The summed E-state index contributed by atoms with van der Waals surface area (Å²) in [6.45, 7) is 0. The lowest BCUT2D eigenvalue weighted by atomic mass is 10.1. The molecule has 2 heterocycles. The van der Waals surface area contributed by atoms with Crippen LogP contribution >= 0.6 is 11.6 Å². The lowest BCUT2D eigenvalue weighted by molar-refractivity contribution is 0.422. The van der Waals surface area contributed by atoms with Crippen LogP contribution in [0.2, 0.25) is 5.02 Å². The van der Waals surface area contributed by atoms with Gasteiger partial charge in [-0.05, 0) is 29.8 Å². The van der Waals surface area contributed by atoms with Crippen LogP contribution in [0.5, 0.6) is 0 Å². The van der Waals surface area contributed by atoms with Gasteiger partial charge in [-0.3, -0.25) is 0 Å². The van der Waals surface area contributed by atoms with Crippen LogP contribution < -0.4 is 5.73 Å². The number of nitrogen functional groups attached to an aromatic ring is 1. The van der Waals surface area contributed by atoms with Crippen molar-refractivity contribution in [2.75, 3.05) is 5.73 Å². The molecule has 0 aliphatic heterocycles. The first-order chi connectivity index (χ1) is 9.70. The van der Waals surface area contributed by atoms with Gasteiger partial charge in [0.1, 0.15) is 11.5 Å². The number of anilines is 1. The van der Waals surface area contributed by atoms with Gasteiger partial charge in [0, 0.05) is 11.4 Å². The molecular weight excluding hydrogens is 276 g/mol. The number of halogens is 1. The van der Waals surface area contributed by atoms with Crippen molar-refractivity contribution in [2.24, 2.45) is 0 Å². The van der Waals surface area contributed by atoms with Crippen LogP contribution in [0.1, 0.15) is 11.4 Å². The van der Waals surface area contributed by atoms with Gasteiger partial charge >= 0.3 is 0 Å². The highest BCUT2D eigenvalue weighted by atomic mass is 35.5. The monoisotopic (exact) mass is 286 g/mol. The van der Waals surface area contributed by atoms with Crippen molar-refractivity contribution in [3.8, 4) is 11.6 Å². The SMILES string of the molecule is Nc1cccc(-c2nc(Cc3ccc(Cl)cc3)no2)n1. The summed E-state index contributed by atoms with van der Waals surface area (Å²) in [5.74, 6) is 1.37. The number of hydrogen-bond donors (Lipinski definition) is 1. The molecule has 0 amide bonds. The van der Waals surface area contributed by atoms with Crippen molar-refractivity contribution in [2.45, 2.75) is 6.42 Å². The summed E-state index contributed by atoms with van der Waals surface area (Å²) in [5.41, 5.74) is 7.25. The molecule has 0 atom stereocenters. The predicted molar refractivity (Wildman–Crippen MR) is 76.2 cm³/mol. The maximum Gasteiger partial charge on any atom is 0.276 e. The van der Waals surface area contributed by atoms with E-state index in [1.807, 2.05) is 24.3 Å². The summed E-state index contributed by atoms with van der Waals surface area (Å²) < 4.78 is 5.20. The standard InChI is InChI=1S/C14H11ClN4O/c15-10-6-4-9(5-7-10)8-13-18-14(20-19-13)11-2-1-3-12(16)17-11/h1-7H,8H2,(H2,16,17). The van der Waals surface area contributed by atoms with Crippen LogP contribution in [-0.2, 0) is 6.42 Å². The molecule has 2 aromatic heterocycles. The molecule has 0 aliphatic rings. The maximum absolute atomic E-state index is 5.84. The lowest BCUT2D eigenvalue weighted by Gasteiger charge is -1.96. The summed E-state index contributed by atoms with van der Waals surface area (Å²) in [4.78, 5) is 8.45. The number of nitrogens with two attached hydrogens (primary N) is 1. The summed E-state index contributed by atoms with van der Waals surface area (Å²) in [5, 5.41) is 4.64. The molecule has 3 aromatic rings. The first kappa shape index (κ1) is 12.6. The molecule has 20 heavy (non-hydrogen) atoms. The van der Waals surface area contributed by atoms with E-state index in [0.717, 1.165) is 5.56 Å². The van der Waals surface area contributed by atoms with Crippen molar-refractivity contribution in [3.05, 3.63) is 58.9 Å². The third kappa shape index (κ3) is 2.78. The fourth-order valence-corrected chi connectivity index (χ4v) is 1.91. The number of nitrogens with zero attached hydrogens (tertiary/aromatic N) is 3. The Morgan fingerprint density at radius 3 is 2.60 bits per heavy atom. The van der Waals surface area contributed by atoms with E-state index in [0.29, 0.717) is 34.7 Å². The Bertz CT molecular complexity index is 724. The predicted octanol–water partition coefficient (Wildman–Crippen LogP) is 2.96. The van der Waals surface area contributed by atoms with Gasteiger partial charge in [0.15, 0.2) is 5.82 Å². The molecule has 0 bridgehead atoms. The summed E-state index contributed by atoms with van der Waals surface area (Å²) >= 11 is 5.84. The van der Waals surface area contributed by atoms with Crippen molar-refractivity contribution in [1.29, 1.82) is 0 Å². The molecular formula is C14H11ClN4O. The Balaban J connectivity index is 1.82. The molecule has 0 saturated heterocycles. The Hall–Kier alpha value is -2.40. The molecule has 0 fully saturated rings. The van der Waals surface area contributed by atoms with Crippen molar-refractivity contribution >= 4 is 17.4 Å². The highest BCUT2D eigenvalue weighted by Crippen LogP contribution is 2.17. The number of rotatable bonds is 3. The van der Waals surface area contributed by atoms with E-state index in [9.17, 15) is 0 Å². The third-order valence-electron chi connectivity index (χ3n) is 2.73. The fraction of sp³-hybridized carbons (Fsp3) is 0.0714. The number of pyridine rings is 1. The van der Waals surface area contributed by atoms with Gasteiger partial charge in [-0.2, -0.15) is 4.98 Å². The molecule has 0 spiro atoms. The van der Waals surface area contributed by atoms with E-state index < -0.39 is 0 Å². The molecule has 3 rings (SSSR count). The second kappa shape index (κ2) is 5.30. The Morgan fingerprint density at radius 1 is 1.05 bits per heavy atom. The number of benzene rings is 1. The van der Waals surface area contributed by atoms with Gasteiger partial charge < -0.3 is 10.3 Å². The minimum absolute atomic E-state index is 0.362. The lowest BCUT2D eigenvalue weighted by Crippen LogP contribution is -1.92. The van der Waals surface area contributed by atoms with Gasteiger partial charge in [0.25, 0.3) is 5.89 Å². The van der Waals surface area contributed by atoms with Crippen LogP contribution in [0.3, 0.4) is 0 Å². The molecule has 6 heteroatoms. The van der Waals surface area contributed by atoms with Gasteiger partial charge in [-0.25, -0.2) is 4.98 Å². The van der Waals surface area contributed by atoms with Gasteiger partial charge in [0.05, 0.1) is 0 Å². The van der Waals surface area contributed by atoms with Crippen molar-refractivity contribution in [3.63, 3.8) is 0 Å². The van der Waals surface area contributed by atoms with E-state index >= 15 is 0 Å². The molecule has 5 nitrogen and oxygen atoms in total. The van der Waals surface area contributed by atoms with Gasteiger partial charge in [0.2, 0.25) is 0 Å². The largest absolute Gasteiger partial charge is 0.384 e. The first-order valence-electron chi connectivity index (χ1n) is 6.00. The molecule has 1 aromatic carbocycles. The fourth-order valence-electron chi connectivity index (χ4n) is 1.79. The first-order valence-corrected chi connectivity index (χ1v) is 6.38. The average molecular weight is 287 g/mol. The zero-order valence-electron chi connectivity index (χ0n) is 10.5. The van der Waals surface area contributed by atoms with Gasteiger partial charge in [-0.1, -0.05) is 35.0 Å². The van der Waals surface area contributed by atoms with Crippen molar-refractivity contribution in [1.82, 2.24) is 15.1 Å². The van der Waals surface area contributed by atoms with Crippen LogP contribution in [0, 0.1) is 0 Å². The van der Waals surface area contributed by atoms with E-state index in [-0.39, 0.29) is 0 Å². The Morgan fingerprint density at radius 2 is 1.85 bits per heavy atom. The molecule has 100 valence electrons. The maximum atomic E-state index is 5.84. The van der Waals surface area contributed by atoms with E-state index in [4.69, 9.17) is 21.9 Å². The topological polar surface area (TPSA) is 77.8 Å². The minimum atomic E-state index is 0.362. The zero-order valence-corrected chi connectivity index (χ0v) is 11.2. The van der Waals surface area contributed by atoms with E-state index in [1.165, 1.54) is 0 Å². The smallest absolute Gasteiger partial charge is 0.276 e. The normalized spacial score (nSPS) is 10.7. The second-order valence-corrected chi connectivity index (χ2v) is 4.70. The Kier molecular flexibility index (Phi) is 3.35. The summed E-state index contributed by atoms with van der Waals surface area (Å²) in [6, 6.07) is 12.8. The van der Waals surface area contributed by atoms with Gasteiger partial charge in [-0.15, -0.1) is 0 Å². The zero-order chi connectivity index (χ0) is 13.9. The molecule has 0 radical (unpaired) electrons. The van der Waals surface area contributed by atoms with Crippen molar-refractivity contribution < 1.29 is 4.52 Å². The Labute approximate surface area is 120 Å². The average Bonchev–Trinajstić information content (AvgIpc) is 2.90. The minimum Gasteiger partial charge on any atom is -0.384 e. The van der Waals surface area contributed by atoms with E-state index in [1.54, 1.807) is 18.2 Å². The molecule has 0 aliphatic carbocycles. The van der Waals surface area contributed by atoms with E-state index in [2.05, 4.69) is 15.1 Å². The summed E-state index contributed by atoms with van der Waals surface area (Å²) in [7, 11) is 0. The second-order valence-electron chi connectivity index (χ2n) is 4.27. The number of hydrogen-bond acceptors (Lipinski definition) is 5. The van der Waals surface area contributed by atoms with Crippen LogP contribution in [-0.4, -0.2) is 15.1 Å². The quantitative estimate of drug-likeness (QED) is 0.801. The third-order valence-corrected chi connectivity index (χ3v) is 2.99. The van der Waals surface area contributed by atoms with Crippen LogP contribution in [0.4, 0.5) is 5.82 Å². The molecule has 2 N–H and O–H groups in total. The van der Waals surface area contributed by atoms with Crippen LogP contribution in [0.15, 0.2) is 47.0 Å². The molecule has 0 unspecified atom stereocenters. The summed E-state index contributed by atoms with van der Waals surface area (Å²) in [6.07, 6.45) is 0.572. The van der Waals surface area contributed by atoms with Crippen LogP contribution in [0.25, 0.3) is 11.6 Å². The number of aromatic nitrogens is 3. The molecule has 0 saturated carbocycles.